The van der Waals surface area contributed by atoms with Crippen LogP contribution in [0.4, 0.5) is 4.79 Å². The van der Waals surface area contributed by atoms with E-state index in [2.05, 4.69) is 32.2 Å². The number of nitrogens with zero attached hydrogens (tertiary/aromatic N) is 3. The van der Waals surface area contributed by atoms with Crippen molar-refractivity contribution in [2.45, 2.75) is 0 Å². The van der Waals surface area contributed by atoms with Crippen molar-refractivity contribution < 1.29 is 4.79 Å². The molecule has 1 heterocycles. The number of nitrogens with one attached hydrogen (secondary N) is 2. The summed E-state index contributed by atoms with van der Waals surface area (Å²) >= 11 is 0. The van der Waals surface area contributed by atoms with E-state index in [0.29, 0.717) is 0 Å². The molecule has 10 heavy (non-hydrogen) atoms. The summed E-state index contributed by atoms with van der Waals surface area (Å²) in [6.45, 7) is 0. The van der Waals surface area contributed by atoms with Crippen molar-refractivity contribution in [3.8, 4) is 0 Å². The monoisotopic (exact) mass is 145 g/mol. The fraction of sp³-hybridized carbons (Fsp3) is 0. The molecule has 1 rings (SSSR count). The second kappa shape index (κ2) is 5.44. The van der Waals surface area contributed by atoms with Gasteiger partial charge >= 0.3 is 6.03 Å². The quantitative estimate of drug-likeness (QED) is 0.185. The lowest BCUT2D eigenvalue weighted by Crippen LogP contribution is -2.34. The lowest BCUT2D eigenvalue weighted by Gasteiger charge is -1.81. The minimum Gasteiger partial charge on any atom is -0.351 e. The number of carbonyl (C=O) groups excluding carboxylic acids is 1. The molecular formula is C2H7N7O. The Morgan fingerprint density at radius 1 is 1.70 bits per heavy atom. The third kappa shape index (κ3) is 6.30. The van der Waals surface area contributed by atoms with Gasteiger partial charge in [-0.3, -0.25) is 5.43 Å². The molecule has 0 bridgehead atoms. The highest BCUT2D eigenvalue weighted by molar-refractivity contribution is 5.70. The Labute approximate surface area is 55.9 Å². The van der Waals surface area contributed by atoms with E-state index in [1.165, 1.54) is 6.33 Å². The summed E-state index contributed by atoms with van der Waals surface area (Å²) in [6, 6.07) is -0.718. The van der Waals surface area contributed by atoms with Crippen LogP contribution in [0.1, 0.15) is 0 Å². The van der Waals surface area contributed by atoms with Crippen molar-refractivity contribution in [3.63, 3.8) is 0 Å². The van der Waals surface area contributed by atoms with E-state index in [-0.39, 0.29) is 0 Å². The van der Waals surface area contributed by atoms with Crippen LogP contribution in [0.25, 0.3) is 0 Å². The van der Waals surface area contributed by atoms with Gasteiger partial charge in [0.05, 0.1) is 0 Å². The molecule has 0 saturated carbocycles. The number of rotatable bonds is 0. The van der Waals surface area contributed by atoms with Crippen molar-refractivity contribution >= 4 is 6.03 Å². The van der Waals surface area contributed by atoms with Crippen molar-refractivity contribution in [1.82, 2.24) is 26.0 Å². The van der Waals surface area contributed by atoms with Crippen molar-refractivity contribution in [2.75, 3.05) is 0 Å². The van der Waals surface area contributed by atoms with Crippen molar-refractivity contribution in [2.24, 2.45) is 11.6 Å². The van der Waals surface area contributed by atoms with Crippen LogP contribution in [0, 0.1) is 0 Å². The molecule has 0 unspecified atom stereocenters. The van der Waals surface area contributed by atoms with Crippen LogP contribution in [-0.4, -0.2) is 26.7 Å². The number of hydrogen-bond donors (Lipinski definition) is 4. The maximum atomic E-state index is 9.35. The van der Waals surface area contributed by atoms with Crippen LogP contribution in [-0.2, 0) is 0 Å². The highest BCUT2D eigenvalue weighted by Crippen LogP contribution is 1.43. The molecule has 0 aliphatic rings. The van der Waals surface area contributed by atoms with Crippen LogP contribution in [0.15, 0.2) is 6.33 Å². The summed E-state index contributed by atoms with van der Waals surface area (Å²) in [6.07, 6.45) is 1.33. The number of H-pyrrole nitrogens is 1. The summed E-state index contributed by atoms with van der Waals surface area (Å²) in [7, 11) is 0. The topological polar surface area (TPSA) is 136 Å². The van der Waals surface area contributed by atoms with E-state index in [9.17, 15) is 4.79 Å². The first-order chi connectivity index (χ1) is 4.77. The molecule has 0 aliphatic heterocycles. The Bertz CT molecular complexity index is 141. The third-order valence-electron chi connectivity index (χ3n) is 0.412. The molecule has 6 N–H and O–H groups in total. The lowest BCUT2D eigenvalue weighted by molar-refractivity contribution is 0.249. The minimum absolute atomic E-state index is 0.718. The number of nitrogens with two attached hydrogens (primary N) is 2. The first-order valence-electron chi connectivity index (χ1n) is 2.20. The number of primary amides is 1. The highest BCUT2D eigenvalue weighted by Gasteiger charge is 1.73. The summed E-state index contributed by atoms with van der Waals surface area (Å²) in [5.74, 6) is 4.45. The zero-order valence-electron chi connectivity index (χ0n) is 4.98. The minimum atomic E-state index is -0.718. The van der Waals surface area contributed by atoms with Gasteiger partial charge < -0.3 is 5.73 Å². The largest absolute Gasteiger partial charge is 0.351 e. The molecule has 0 fully saturated rings. The number of carbonyl (C=O) groups is 1. The molecule has 8 nitrogen and oxygen atoms in total. The average Bonchev–Trinajstić information content (AvgIpc) is 2.43. The maximum Gasteiger partial charge on any atom is 0.326 e. The summed E-state index contributed by atoms with van der Waals surface area (Å²) in [5.41, 5.74) is 6.08. The fourth-order valence-corrected chi connectivity index (χ4v) is 0.129. The Balaban J connectivity index is 0.000000162. The van der Waals surface area contributed by atoms with Gasteiger partial charge in [-0.25, -0.2) is 10.6 Å². The molecular weight excluding hydrogens is 138 g/mol. The van der Waals surface area contributed by atoms with Gasteiger partial charge in [0.25, 0.3) is 0 Å². The molecule has 1 aromatic heterocycles. The lowest BCUT2D eigenvalue weighted by atomic mass is 11.2. The molecule has 1 aromatic rings. The zero-order chi connectivity index (χ0) is 7.82. The molecule has 0 aliphatic carbocycles. The summed E-state index contributed by atoms with van der Waals surface area (Å²) in [4.78, 5) is 9.35. The van der Waals surface area contributed by atoms with Crippen LogP contribution in [0.5, 0.6) is 0 Å². The van der Waals surface area contributed by atoms with Gasteiger partial charge in [-0.1, -0.05) is 5.21 Å². The van der Waals surface area contributed by atoms with E-state index in [0.717, 1.165) is 0 Å². The number of aromatic nitrogens is 4. The normalized spacial score (nSPS) is 7.30. The fourth-order valence-electron chi connectivity index (χ4n) is 0.129. The predicted octanol–water partition coefficient (Wildman–Crippen LogP) is -2.27. The highest BCUT2D eigenvalue weighted by atomic mass is 16.2. The van der Waals surface area contributed by atoms with Crippen LogP contribution in [0.2, 0.25) is 0 Å². The molecule has 0 radical (unpaired) electrons. The molecule has 56 valence electrons. The Morgan fingerprint density at radius 2 is 2.30 bits per heavy atom. The van der Waals surface area contributed by atoms with Gasteiger partial charge in [0.15, 0.2) is 6.33 Å². The Morgan fingerprint density at radius 3 is 2.40 bits per heavy atom. The molecule has 0 saturated heterocycles. The van der Waals surface area contributed by atoms with Crippen LogP contribution >= 0.6 is 0 Å². The van der Waals surface area contributed by atoms with Crippen molar-refractivity contribution in [3.05, 3.63) is 6.33 Å². The van der Waals surface area contributed by atoms with E-state index < -0.39 is 6.03 Å². The molecule has 2 amide bonds. The number of hydrogen-bond acceptors (Lipinski definition) is 5. The Hall–Kier alpha value is -1.70. The van der Waals surface area contributed by atoms with Crippen LogP contribution in [0.3, 0.4) is 0 Å². The van der Waals surface area contributed by atoms with Gasteiger partial charge in [0.1, 0.15) is 0 Å². The number of urea groups is 1. The molecule has 8 heteroatoms. The summed E-state index contributed by atoms with van der Waals surface area (Å²) in [5, 5.41) is 12.2. The SMILES string of the molecule is NNC(N)=O.c1nn[nH]n1. The smallest absolute Gasteiger partial charge is 0.326 e. The maximum absolute atomic E-state index is 9.35. The molecule has 0 spiro atoms. The van der Waals surface area contributed by atoms with E-state index in [4.69, 9.17) is 0 Å². The van der Waals surface area contributed by atoms with E-state index in [1.54, 1.807) is 5.43 Å². The van der Waals surface area contributed by atoms with Crippen LogP contribution < -0.4 is 17.0 Å². The number of amides is 2. The third-order valence-corrected chi connectivity index (χ3v) is 0.412. The standard InChI is InChI=1S/CH2N4.CH5N3O/c1-2-4-5-3-1;2-1(5)4-3/h1H,(H,2,3,4,5);3H2,(H3,2,4,5). The predicted molar refractivity (Wildman–Crippen MR) is 31.1 cm³/mol. The second-order valence-electron chi connectivity index (χ2n) is 1.07. The number of tetrazole rings is 1. The first-order valence-corrected chi connectivity index (χ1v) is 2.20. The zero-order valence-corrected chi connectivity index (χ0v) is 4.98. The van der Waals surface area contributed by atoms with Gasteiger partial charge in [-0.2, -0.15) is 5.21 Å². The van der Waals surface area contributed by atoms with Gasteiger partial charge in [0.2, 0.25) is 0 Å². The first kappa shape index (κ1) is 8.30. The van der Waals surface area contributed by atoms with E-state index in [1.807, 2.05) is 0 Å². The van der Waals surface area contributed by atoms with Crippen molar-refractivity contribution in [1.29, 1.82) is 0 Å². The number of aromatic amines is 1. The summed E-state index contributed by atoms with van der Waals surface area (Å²) < 4.78 is 0. The Kier molecular flexibility index (Phi) is 4.51. The number of hydrazine groups is 1. The van der Waals surface area contributed by atoms with E-state index >= 15 is 0 Å². The van der Waals surface area contributed by atoms with Gasteiger partial charge in [-0.05, 0) is 0 Å². The second-order valence-corrected chi connectivity index (χ2v) is 1.07. The molecule has 0 aromatic carbocycles. The van der Waals surface area contributed by atoms with Gasteiger partial charge in [0, 0.05) is 0 Å². The average molecular weight is 145 g/mol. The molecule has 0 atom stereocenters. The van der Waals surface area contributed by atoms with Gasteiger partial charge in [-0.15, -0.1) is 10.2 Å².